The Morgan fingerprint density at radius 3 is 2.15 bits per heavy atom. The second-order valence-electron chi connectivity index (χ2n) is 5.24. The van der Waals surface area contributed by atoms with Crippen LogP contribution < -0.4 is 5.32 Å². The van der Waals surface area contributed by atoms with Crippen molar-refractivity contribution in [1.82, 2.24) is 5.32 Å². The van der Waals surface area contributed by atoms with E-state index in [9.17, 15) is 4.39 Å². The van der Waals surface area contributed by atoms with Crippen LogP contribution in [0.15, 0.2) is 42.5 Å². The number of benzene rings is 2. The fraction of sp³-hybridized carbons (Fsp3) is 0.333. The van der Waals surface area contributed by atoms with Gasteiger partial charge in [0.15, 0.2) is 0 Å². The van der Waals surface area contributed by atoms with Crippen molar-refractivity contribution >= 4 is 0 Å². The zero-order valence-electron chi connectivity index (χ0n) is 12.4. The largest absolute Gasteiger partial charge is 0.306 e. The lowest BCUT2D eigenvalue weighted by molar-refractivity contribution is 0.589. The molecule has 0 saturated carbocycles. The van der Waals surface area contributed by atoms with E-state index >= 15 is 0 Å². The summed E-state index contributed by atoms with van der Waals surface area (Å²) >= 11 is 0. The summed E-state index contributed by atoms with van der Waals surface area (Å²) in [5, 5.41) is 3.58. The van der Waals surface area contributed by atoms with Crippen molar-refractivity contribution in [3.63, 3.8) is 0 Å². The molecule has 0 aromatic heterocycles. The zero-order valence-corrected chi connectivity index (χ0v) is 12.4. The highest BCUT2D eigenvalue weighted by molar-refractivity contribution is 5.41. The van der Waals surface area contributed by atoms with Crippen molar-refractivity contribution in [2.75, 3.05) is 6.54 Å². The van der Waals surface area contributed by atoms with Gasteiger partial charge in [0, 0.05) is 0 Å². The maximum absolute atomic E-state index is 13.1. The molecule has 0 bridgehead atoms. The Bertz CT molecular complexity index is 540. The molecular formula is C18H22FN. The fourth-order valence-corrected chi connectivity index (χ4v) is 2.61. The summed E-state index contributed by atoms with van der Waals surface area (Å²) in [6.07, 6.45) is 1.07. The molecule has 0 radical (unpaired) electrons. The molecule has 2 aromatic rings. The number of aryl methyl sites for hydroxylation is 2. The zero-order chi connectivity index (χ0) is 14.5. The van der Waals surface area contributed by atoms with Gasteiger partial charge in [-0.3, -0.25) is 0 Å². The maximum atomic E-state index is 13.1. The molecule has 0 aliphatic heterocycles. The van der Waals surface area contributed by atoms with Crippen molar-refractivity contribution in [3.8, 4) is 0 Å². The summed E-state index contributed by atoms with van der Waals surface area (Å²) in [4.78, 5) is 0. The van der Waals surface area contributed by atoms with Crippen LogP contribution >= 0.6 is 0 Å². The van der Waals surface area contributed by atoms with Crippen molar-refractivity contribution in [3.05, 3.63) is 70.5 Å². The SMILES string of the molecule is CCCNC(c1ccc(F)cc1)c1c(C)cccc1C. The Labute approximate surface area is 120 Å². The minimum absolute atomic E-state index is 0.122. The first-order valence-corrected chi connectivity index (χ1v) is 7.18. The van der Waals surface area contributed by atoms with Crippen molar-refractivity contribution in [1.29, 1.82) is 0 Å². The molecule has 20 heavy (non-hydrogen) atoms. The van der Waals surface area contributed by atoms with Gasteiger partial charge < -0.3 is 5.32 Å². The molecule has 0 aliphatic rings. The molecule has 2 aromatic carbocycles. The first-order chi connectivity index (χ1) is 9.63. The fourth-order valence-electron chi connectivity index (χ4n) is 2.61. The molecule has 1 atom stereocenters. The number of hydrogen-bond donors (Lipinski definition) is 1. The van der Waals surface area contributed by atoms with E-state index in [-0.39, 0.29) is 11.9 Å². The first kappa shape index (κ1) is 14.7. The van der Waals surface area contributed by atoms with Gasteiger partial charge >= 0.3 is 0 Å². The van der Waals surface area contributed by atoms with Crippen LogP contribution in [0.2, 0.25) is 0 Å². The van der Waals surface area contributed by atoms with Gasteiger partial charge in [-0.1, -0.05) is 37.3 Å². The summed E-state index contributed by atoms with van der Waals surface area (Å²) < 4.78 is 13.1. The summed E-state index contributed by atoms with van der Waals surface area (Å²) in [6.45, 7) is 7.36. The smallest absolute Gasteiger partial charge is 0.123 e. The van der Waals surface area contributed by atoms with E-state index in [0.29, 0.717) is 0 Å². The molecule has 1 unspecified atom stereocenters. The van der Waals surface area contributed by atoms with Gasteiger partial charge in [0.05, 0.1) is 6.04 Å². The van der Waals surface area contributed by atoms with Crippen LogP contribution in [0.1, 0.15) is 41.6 Å². The molecule has 1 nitrogen and oxygen atoms in total. The molecule has 0 aliphatic carbocycles. The van der Waals surface area contributed by atoms with Crippen LogP contribution in [0.3, 0.4) is 0 Å². The van der Waals surface area contributed by atoms with Crippen LogP contribution in [0, 0.1) is 19.7 Å². The molecule has 0 fully saturated rings. The van der Waals surface area contributed by atoms with Gasteiger partial charge in [-0.2, -0.15) is 0 Å². The molecule has 0 heterocycles. The normalized spacial score (nSPS) is 12.4. The molecular weight excluding hydrogens is 249 g/mol. The third kappa shape index (κ3) is 3.26. The molecule has 0 spiro atoms. The molecule has 0 amide bonds. The number of rotatable bonds is 5. The van der Waals surface area contributed by atoms with Crippen LogP contribution in [0.4, 0.5) is 4.39 Å². The Morgan fingerprint density at radius 1 is 1.00 bits per heavy atom. The van der Waals surface area contributed by atoms with Gasteiger partial charge in [0.2, 0.25) is 0 Å². The molecule has 2 heteroatoms. The van der Waals surface area contributed by atoms with Gasteiger partial charge in [-0.25, -0.2) is 4.39 Å². The Kier molecular flexibility index (Phi) is 4.91. The average Bonchev–Trinajstić information content (AvgIpc) is 2.43. The van der Waals surface area contributed by atoms with E-state index in [1.807, 2.05) is 12.1 Å². The van der Waals surface area contributed by atoms with E-state index in [1.54, 1.807) is 0 Å². The molecule has 106 valence electrons. The monoisotopic (exact) mass is 271 g/mol. The van der Waals surface area contributed by atoms with Gasteiger partial charge in [-0.05, 0) is 61.2 Å². The number of nitrogens with one attached hydrogen (secondary N) is 1. The molecule has 1 N–H and O–H groups in total. The van der Waals surface area contributed by atoms with Gasteiger partial charge in [0.1, 0.15) is 5.82 Å². The van der Waals surface area contributed by atoms with Gasteiger partial charge in [0.25, 0.3) is 0 Å². The third-order valence-corrected chi connectivity index (χ3v) is 3.63. The second kappa shape index (κ2) is 6.67. The summed E-state index contributed by atoms with van der Waals surface area (Å²) in [5.74, 6) is -0.190. The minimum atomic E-state index is -0.190. The lowest BCUT2D eigenvalue weighted by Crippen LogP contribution is -2.24. The lowest BCUT2D eigenvalue weighted by Gasteiger charge is -2.23. The summed E-state index contributed by atoms with van der Waals surface area (Å²) in [6, 6.07) is 13.3. The standard InChI is InChI=1S/C18H22FN/c1-4-12-20-18(15-8-10-16(19)11-9-15)17-13(2)6-5-7-14(17)3/h5-11,18,20H,4,12H2,1-3H3. The van der Waals surface area contributed by atoms with Crippen LogP contribution in [-0.4, -0.2) is 6.54 Å². The lowest BCUT2D eigenvalue weighted by atomic mass is 9.91. The quantitative estimate of drug-likeness (QED) is 0.842. The van der Waals surface area contributed by atoms with Crippen LogP contribution in [-0.2, 0) is 0 Å². The Hall–Kier alpha value is -1.67. The van der Waals surface area contributed by atoms with Crippen LogP contribution in [0.5, 0.6) is 0 Å². The number of halogens is 1. The predicted octanol–water partition coefficient (Wildman–Crippen LogP) is 4.53. The average molecular weight is 271 g/mol. The topological polar surface area (TPSA) is 12.0 Å². The van der Waals surface area contributed by atoms with E-state index in [1.165, 1.54) is 28.8 Å². The minimum Gasteiger partial charge on any atom is -0.306 e. The highest BCUT2D eigenvalue weighted by Gasteiger charge is 2.17. The van der Waals surface area contributed by atoms with E-state index in [4.69, 9.17) is 0 Å². The maximum Gasteiger partial charge on any atom is 0.123 e. The van der Waals surface area contributed by atoms with Crippen molar-refractivity contribution < 1.29 is 4.39 Å². The second-order valence-corrected chi connectivity index (χ2v) is 5.24. The van der Waals surface area contributed by atoms with E-state index in [2.05, 4.69) is 44.3 Å². The first-order valence-electron chi connectivity index (χ1n) is 7.18. The molecule has 2 rings (SSSR count). The predicted molar refractivity (Wildman–Crippen MR) is 82.5 cm³/mol. The highest BCUT2D eigenvalue weighted by Crippen LogP contribution is 2.28. The summed E-state index contributed by atoms with van der Waals surface area (Å²) in [7, 11) is 0. The van der Waals surface area contributed by atoms with Crippen LogP contribution in [0.25, 0.3) is 0 Å². The highest BCUT2D eigenvalue weighted by atomic mass is 19.1. The van der Waals surface area contributed by atoms with Crippen molar-refractivity contribution in [2.24, 2.45) is 0 Å². The molecule has 0 saturated heterocycles. The number of hydrogen-bond acceptors (Lipinski definition) is 1. The van der Waals surface area contributed by atoms with Gasteiger partial charge in [-0.15, -0.1) is 0 Å². The Morgan fingerprint density at radius 2 is 1.60 bits per heavy atom. The van der Waals surface area contributed by atoms with Crippen molar-refractivity contribution in [2.45, 2.75) is 33.2 Å². The third-order valence-electron chi connectivity index (χ3n) is 3.63. The van der Waals surface area contributed by atoms with E-state index < -0.39 is 0 Å². The Balaban J connectivity index is 2.44. The summed E-state index contributed by atoms with van der Waals surface area (Å²) in [5.41, 5.74) is 4.94. The van der Waals surface area contributed by atoms with E-state index in [0.717, 1.165) is 18.5 Å².